The molecule has 0 radical (unpaired) electrons. The Hall–Kier alpha value is -3.66. The number of carbonyl (C=O) groups excluding carboxylic acids is 1. The largest absolute Gasteiger partial charge is 0.493 e. The normalized spacial score (nSPS) is 10.7. The van der Waals surface area contributed by atoms with Gasteiger partial charge in [-0.15, -0.1) is 6.42 Å². The predicted molar refractivity (Wildman–Crippen MR) is 125 cm³/mol. The fourth-order valence-corrected chi connectivity index (χ4v) is 2.92. The molecule has 0 bridgehead atoms. The predicted octanol–water partition coefficient (Wildman–Crippen LogP) is 2.81. The van der Waals surface area contributed by atoms with Crippen molar-refractivity contribution in [1.82, 2.24) is 10.6 Å². The number of terminal acetylenes is 1. The van der Waals surface area contributed by atoms with Gasteiger partial charge in [-0.3, -0.25) is 9.79 Å². The second-order valence-electron chi connectivity index (χ2n) is 6.65. The SMILES string of the molecule is C#Cc1cccc(NC(=O)CNC(=NC)NCCCc2ccc(OC)c(OCC)c2)c1. The van der Waals surface area contributed by atoms with Crippen LogP contribution in [0.5, 0.6) is 11.5 Å². The van der Waals surface area contributed by atoms with E-state index in [-0.39, 0.29) is 12.5 Å². The number of aryl methyl sites for hydroxylation is 1. The summed E-state index contributed by atoms with van der Waals surface area (Å²) in [5.74, 6) is 4.42. The number of ether oxygens (including phenoxy) is 2. The van der Waals surface area contributed by atoms with E-state index < -0.39 is 0 Å². The molecule has 0 spiro atoms. The molecule has 164 valence electrons. The van der Waals surface area contributed by atoms with Crippen LogP contribution in [-0.2, 0) is 11.2 Å². The van der Waals surface area contributed by atoms with Crippen molar-refractivity contribution in [3.8, 4) is 23.8 Å². The number of aliphatic imine (C=N–C) groups is 1. The van der Waals surface area contributed by atoms with E-state index in [0.29, 0.717) is 30.4 Å². The first-order chi connectivity index (χ1) is 15.1. The van der Waals surface area contributed by atoms with Crippen molar-refractivity contribution in [2.75, 3.05) is 39.2 Å². The fourth-order valence-electron chi connectivity index (χ4n) is 2.92. The molecule has 2 rings (SSSR count). The number of benzene rings is 2. The molecule has 3 N–H and O–H groups in total. The lowest BCUT2D eigenvalue weighted by molar-refractivity contribution is -0.115. The smallest absolute Gasteiger partial charge is 0.243 e. The Kier molecular flexibility index (Phi) is 9.76. The summed E-state index contributed by atoms with van der Waals surface area (Å²) in [6.45, 7) is 3.34. The fraction of sp³-hybridized carbons (Fsp3) is 0.333. The third-order valence-electron chi connectivity index (χ3n) is 4.42. The maximum absolute atomic E-state index is 12.2. The Morgan fingerprint density at radius 1 is 1.16 bits per heavy atom. The molecule has 0 atom stereocenters. The van der Waals surface area contributed by atoms with Crippen LogP contribution in [0.3, 0.4) is 0 Å². The van der Waals surface area contributed by atoms with Crippen LogP contribution in [0.2, 0.25) is 0 Å². The summed E-state index contributed by atoms with van der Waals surface area (Å²) in [6, 6.07) is 13.1. The molecule has 0 saturated heterocycles. The molecule has 0 aromatic heterocycles. The standard InChI is InChI=1S/C24H30N4O3/c1-5-18-9-7-11-20(15-18)28-23(29)17-27-24(25-3)26-14-8-10-19-12-13-21(30-4)22(16-19)31-6-2/h1,7,9,11-13,15-16H,6,8,10,14,17H2,2-4H3,(H,28,29)(H2,25,26,27). The van der Waals surface area contributed by atoms with E-state index in [2.05, 4.69) is 26.9 Å². The van der Waals surface area contributed by atoms with Crippen LogP contribution in [-0.4, -0.2) is 45.7 Å². The maximum atomic E-state index is 12.2. The molecule has 0 fully saturated rings. The zero-order valence-corrected chi connectivity index (χ0v) is 18.3. The van der Waals surface area contributed by atoms with Crippen molar-refractivity contribution in [2.45, 2.75) is 19.8 Å². The highest BCUT2D eigenvalue weighted by molar-refractivity contribution is 5.95. The molecule has 0 unspecified atom stereocenters. The summed E-state index contributed by atoms with van der Waals surface area (Å²) in [7, 11) is 3.30. The number of guanidine groups is 1. The minimum atomic E-state index is -0.182. The lowest BCUT2D eigenvalue weighted by Gasteiger charge is -2.13. The van der Waals surface area contributed by atoms with Crippen LogP contribution in [0.15, 0.2) is 47.5 Å². The van der Waals surface area contributed by atoms with Crippen molar-refractivity contribution >= 4 is 17.6 Å². The Balaban J connectivity index is 1.74. The van der Waals surface area contributed by atoms with E-state index in [1.54, 1.807) is 32.4 Å². The summed E-state index contributed by atoms with van der Waals surface area (Å²) in [5, 5.41) is 9.03. The third-order valence-corrected chi connectivity index (χ3v) is 4.42. The zero-order valence-electron chi connectivity index (χ0n) is 18.3. The number of carbonyl (C=O) groups is 1. The Morgan fingerprint density at radius 2 is 2.00 bits per heavy atom. The maximum Gasteiger partial charge on any atom is 0.243 e. The van der Waals surface area contributed by atoms with Gasteiger partial charge in [0.05, 0.1) is 20.3 Å². The monoisotopic (exact) mass is 422 g/mol. The van der Waals surface area contributed by atoms with Crippen LogP contribution in [0.1, 0.15) is 24.5 Å². The van der Waals surface area contributed by atoms with E-state index in [9.17, 15) is 4.79 Å². The van der Waals surface area contributed by atoms with Gasteiger partial charge in [0, 0.05) is 24.8 Å². The third kappa shape index (κ3) is 7.94. The minimum Gasteiger partial charge on any atom is -0.493 e. The number of nitrogens with one attached hydrogen (secondary N) is 3. The lowest BCUT2D eigenvalue weighted by Crippen LogP contribution is -2.41. The number of rotatable bonds is 10. The second-order valence-corrected chi connectivity index (χ2v) is 6.65. The van der Waals surface area contributed by atoms with E-state index in [4.69, 9.17) is 15.9 Å². The molecule has 0 saturated carbocycles. The average molecular weight is 423 g/mol. The molecule has 7 heteroatoms. The van der Waals surface area contributed by atoms with Gasteiger partial charge in [0.25, 0.3) is 0 Å². The topological polar surface area (TPSA) is 84.0 Å². The van der Waals surface area contributed by atoms with Crippen LogP contribution >= 0.6 is 0 Å². The Labute approximate surface area is 184 Å². The molecule has 0 heterocycles. The molecular formula is C24H30N4O3. The van der Waals surface area contributed by atoms with E-state index in [1.807, 2.05) is 31.2 Å². The molecule has 31 heavy (non-hydrogen) atoms. The van der Waals surface area contributed by atoms with Crippen LogP contribution < -0.4 is 25.4 Å². The number of hydrogen-bond donors (Lipinski definition) is 3. The van der Waals surface area contributed by atoms with Gasteiger partial charge in [-0.25, -0.2) is 0 Å². The summed E-state index contributed by atoms with van der Waals surface area (Å²) >= 11 is 0. The van der Waals surface area contributed by atoms with Gasteiger partial charge < -0.3 is 25.4 Å². The molecule has 0 aliphatic heterocycles. The van der Waals surface area contributed by atoms with Crippen LogP contribution in [0.4, 0.5) is 5.69 Å². The lowest BCUT2D eigenvalue weighted by atomic mass is 10.1. The summed E-state index contributed by atoms with van der Waals surface area (Å²) in [6.07, 6.45) is 7.15. The number of amides is 1. The molecule has 0 aliphatic carbocycles. The number of methoxy groups -OCH3 is 1. The highest BCUT2D eigenvalue weighted by Gasteiger charge is 2.07. The van der Waals surface area contributed by atoms with Gasteiger partial charge in [-0.1, -0.05) is 18.1 Å². The van der Waals surface area contributed by atoms with Gasteiger partial charge in [-0.05, 0) is 55.7 Å². The summed E-state index contributed by atoms with van der Waals surface area (Å²) < 4.78 is 10.9. The molecule has 2 aromatic rings. The Bertz CT molecular complexity index is 935. The van der Waals surface area contributed by atoms with Crippen molar-refractivity contribution in [1.29, 1.82) is 0 Å². The van der Waals surface area contributed by atoms with Gasteiger partial charge in [-0.2, -0.15) is 0 Å². The summed E-state index contributed by atoms with van der Waals surface area (Å²) in [5.41, 5.74) is 2.55. The first-order valence-electron chi connectivity index (χ1n) is 10.2. The number of nitrogens with zero attached hydrogens (tertiary/aromatic N) is 1. The van der Waals surface area contributed by atoms with Crippen molar-refractivity contribution in [3.05, 3.63) is 53.6 Å². The van der Waals surface area contributed by atoms with E-state index in [0.717, 1.165) is 24.3 Å². The minimum absolute atomic E-state index is 0.0934. The van der Waals surface area contributed by atoms with Gasteiger partial charge >= 0.3 is 0 Å². The summed E-state index contributed by atoms with van der Waals surface area (Å²) in [4.78, 5) is 16.3. The number of hydrogen-bond acceptors (Lipinski definition) is 4. The van der Waals surface area contributed by atoms with Gasteiger partial charge in [0.1, 0.15) is 0 Å². The van der Waals surface area contributed by atoms with Crippen LogP contribution in [0, 0.1) is 12.3 Å². The van der Waals surface area contributed by atoms with Crippen molar-refractivity contribution < 1.29 is 14.3 Å². The van der Waals surface area contributed by atoms with E-state index in [1.165, 1.54) is 5.56 Å². The highest BCUT2D eigenvalue weighted by Crippen LogP contribution is 2.28. The Morgan fingerprint density at radius 3 is 2.71 bits per heavy atom. The molecule has 0 aliphatic rings. The highest BCUT2D eigenvalue weighted by atomic mass is 16.5. The molecule has 1 amide bonds. The van der Waals surface area contributed by atoms with Gasteiger partial charge in [0.15, 0.2) is 17.5 Å². The average Bonchev–Trinajstić information content (AvgIpc) is 2.79. The van der Waals surface area contributed by atoms with Gasteiger partial charge in [0.2, 0.25) is 5.91 Å². The van der Waals surface area contributed by atoms with Crippen molar-refractivity contribution in [2.24, 2.45) is 4.99 Å². The number of anilines is 1. The quantitative estimate of drug-likeness (QED) is 0.237. The molecular weight excluding hydrogens is 392 g/mol. The van der Waals surface area contributed by atoms with Crippen LogP contribution in [0.25, 0.3) is 0 Å². The molecule has 2 aromatic carbocycles. The van der Waals surface area contributed by atoms with Crippen molar-refractivity contribution in [3.63, 3.8) is 0 Å². The first-order valence-corrected chi connectivity index (χ1v) is 10.2. The second kappa shape index (κ2) is 12.8. The first kappa shape index (κ1) is 23.6. The zero-order chi connectivity index (χ0) is 22.5. The van der Waals surface area contributed by atoms with E-state index >= 15 is 0 Å². The molecule has 7 nitrogen and oxygen atoms in total.